The molecule has 3 nitrogen and oxygen atoms in total. The Kier molecular flexibility index (Phi) is 3.55. The average molecular weight is 208 g/mol. The zero-order valence-electron chi connectivity index (χ0n) is 7.60. The van der Waals surface area contributed by atoms with E-state index in [1.807, 2.05) is 0 Å². The molecule has 0 aliphatic rings. The molecule has 1 rings (SSSR count). The van der Waals surface area contributed by atoms with Gasteiger partial charge in [0.15, 0.2) is 8.46 Å². The van der Waals surface area contributed by atoms with E-state index in [1.54, 1.807) is 31.2 Å². The number of carbonyl (C=O) groups is 1. The lowest BCUT2D eigenvalue weighted by Gasteiger charge is -1.99. The van der Waals surface area contributed by atoms with Crippen molar-refractivity contribution in [2.75, 3.05) is 0 Å². The van der Waals surface area contributed by atoms with Crippen LogP contribution in [-0.2, 0) is 9.36 Å². The van der Waals surface area contributed by atoms with Gasteiger partial charge in [-0.3, -0.25) is 4.57 Å². The highest BCUT2D eigenvalue weighted by atomic mass is 31.1. The first kappa shape index (κ1) is 10.6. The van der Waals surface area contributed by atoms with Crippen LogP contribution >= 0.6 is 8.46 Å². The highest BCUT2D eigenvalue weighted by Crippen LogP contribution is 2.12. The van der Waals surface area contributed by atoms with Crippen molar-refractivity contribution >= 4 is 25.3 Å². The van der Waals surface area contributed by atoms with E-state index in [0.29, 0.717) is 10.9 Å². The first-order valence-electron chi connectivity index (χ1n) is 3.98. The summed E-state index contributed by atoms with van der Waals surface area (Å²) in [5, 5.41) is 9.20. The molecule has 0 fully saturated rings. The van der Waals surface area contributed by atoms with Crippen molar-refractivity contribution in [3.8, 4) is 0 Å². The van der Waals surface area contributed by atoms with Crippen LogP contribution in [0, 0.1) is 0 Å². The minimum absolute atomic E-state index is 0.0263. The molecule has 0 saturated heterocycles. The standard InChI is InChI=1S/C10H9O3P/c1-7(6-10(11)12)8-2-4-9(14-13)5-3-8/h2-6H,1H3,(H,11,12). The molecule has 0 aliphatic heterocycles. The lowest BCUT2D eigenvalue weighted by atomic mass is 10.1. The van der Waals surface area contributed by atoms with Crippen molar-refractivity contribution in [3.63, 3.8) is 0 Å². The molecule has 1 aromatic carbocycles. The summed E-state index contributed by atoms with van der Waals surface area (Å²) in [6.07, 6.45) is 1.14. The molecule has 0 spiro atoms. The Morgan fingerprint density at radius 3 is 2.36 bits per heavy atom. The quantitative estimate of drug-likeness (QED) is 0.611. The van der Waals surface area contributed by atoms with Crippen molar-refractivity contribution in [2.24, 2.45) is 0 Å². The molecule has 14 heavy (non-hydrogen) atoms. The van der Waals surface area contributed by atoms with Gasteiger partial charge in [0.05, 0.1) is 0 Å². The highest BCUT2D eigenvalue weighted by Gasteiger charge is 1.98. The van der Waals surface area contributed by atoms with Crippen LogP contribution in [0.15, 0.2) is 30.3 Å². The predicted octanol–water partition coefficient (Wildman–Crippen LogP) is 2.09. The molecule has 1 aromatic rings. The van der Waals surface area contributed by atoms with Gasteiger partial charge >= 0.3 is 5.97 Å². The number of carboxylic acids is 1. The van der Waals surface area contributed by atoms with E-state index >= 15 is 0 Å². The third-order valence-corrected chi connectivity index (χ3v) is 2.28. The van der Waals surface area contributed by atoms with Crippen LogP contribution in [-0.4, -0.2) is 11.1 Å². The fraction of sp³-hybridized carbons (Fsp3) is 0.100. The molecule has 0 saturated carbocycles. The summed E-state index contributed by atoms with van der Waals surface area (Å²) >= 11 is 0. The van der Waals surface area contributed by atoms with Gasteiger partial charge in [-0.15, -0.1) is 0 Å². The van der Waals surface area contributed by atoms with Gasteiger partial charge in [0.1, 0.15) is 0 Å². The predicted molar refractivity (Wildman–Crippen MR) is 55.0 cm³/mol. The van der Waals surface area contributed by atoms with E-state index in [2.05, 4.69) is 0 Å². The summed E-state index contributed by atoms with van der Waals surface area (Å²) in [4.78, 5) is 10.4. The number of hydrogen-bond acceptors (Lipinski definition) is 2. The summed E-state index contributed by atoms with van der Waals surface area (Å²) in [7, 11) is -0.0263. The van der Waals surface area contributed by atoms with E-state index in [0.717, 1.165) is 11.6 Å². The van der Waals surface area contributed by atoms with Crippen LogP contribution in [0.1, 0.15) is 12.5 Å². The zero-order valence-corrected chi connectivity index (χ0v) is 8.49. The van der Waals surface area contributed by atoms with Crippen molar-refractivity contribution < 1.29 is 14.5 Å². The van der Waals surface area contributed by atoms with Gasteiger partial charge < -0.3 is 5.11 Å². The van der Waals surface area contributed by atoms with E-state index in [-0.39, 0.29) is 8.46 Å². The number of hydrogen-bond donors (Lipinski definition) is 1. The van der Waals surface area contributed by atoms with Crippen molar-refractivity contribution in [3.05, 3.63) is 35.9 Å². The summed E-state index contributed by atoms with van der Waals surface area (Å²) in [6, 6.07) is 6.89. The topological polar surface area (TPSA) is 54.4 Å². The average Bonchev–Trinajstić information content (AvgIpc) is 2.17. The molecule has 0 radical (unpaired) electrons. The van der Waals surface area contributed by atoms with E-state index in [4.69, 9.17) is 5.11 Å². The normalized spacial score (nSPS) is 11.6. The second kappa shape index (κ2) is 4.68. The molecule has 0 aliphatic carbocycles. The highest BCUT2D eigenvalue weighted by molar-refractivity contribution is 7.34. The molecule has 0 amide bonds. The maximum atomic E-state index is 10.5. The largest absolute Gasteiger partial charge is 0.478 e. The van der Waals surface area contributed by atoms with Gasteiger partial charge in [0.2, 0.25) is 0 Å². The minimum atomic E-state index is -0.964. The minimum Gasteiger partial charge on any atom is -0.478 e. The van der Waals surface area contributed by atoms with Crippen LogP contribution in [0.2, 0.25) is 0 Å². The van der Waals surface area contributed by atoms with Crippen molar-refractivity contribution in [1.29, 1.82) is 0 Å². The van der Waals surface area contributed by atoms with Crippen LogP contribution in [0.3, 0.4) is 0 Å². The van der Waals surface area contributed by atoms with Gasteiger partial charge in [0, 0.05) is 11.4 Å². The molecule has 0 aromatic heterocycles. The second-order valence-corrected chi connectivity index (χ2v) is 3.50. The molecule has 0 atom stereocenters. The second-order valence-electron chi connectivity index (χ2n) is 2.80. The number of benzene rings is 1. The van der Waals surface area contributed by atoms with Gasteiger partial charge in [-0.05, 0) is 30.2 Å². The molecule has 0 unspecified atom stereocenters. The fourth-order valence-corrected chi connectivity index (χ4v) is 1.32. The maximum absolute atomic E-state index is 10.5. The molecule has 1 N–H and O–H groups in total. The Morgan fingerprint density at radius 1 is 1.36 bits per heavy atom. The molecular weight excluding hydrogens is 199 g/mol. The molecular formula is C10H9O3P. The molecule has 0 bridgehead atoms. The SMILES string of the molecule is CC(=CC(=O)O)c1ccc(P=O)cc1. The van der Waals surface area contributed by atoms with E-state index < -0.39 is 5.97 Å². The first-order chi connectivity index (χ1) is 6.63. The van der Waals surface area contributed by atoms with E-state index in [1.165, 1.54) is 0 Å². The summed E-state index contributed by atoms with van der Waals surface area (Å²) in [5.41, 5.74) is 1.49. The first-order valence-corrected chi connectivity index (χ1v) is 4.79. The monoisotopic (exact) mass is 208 g/mol. The number of carboxylic acid groups (broad SMARTS) is 1. The Morgan fingerprint density at radius 2 is 1.93 bits per heavy atom. The Bertz CT molecular complexity index is 379. The maximum Gasteiger partial charge on any atom is 0.328 e. The zero-order chi connectivity index (χ0) is 10.6. The lowest BCUT2D eigenvalue weighted by Crippen LogP contribution is -1.93. The Balaban J connectivity index is 2.97. The van der Waals surface area contributed by atoms with Gasteiger partial charge in [0.25, 0.3) is 0 Å². The molecule has 72 valence electrons. The number of allylic oxidation sites excluding steroid dienone is 1. The van der Waals surface area contributed by atoms with Gasteiger partial charge in [-0.1, -0.05) is 12.1 Å². The van der Waals surface area contributed by atoms with Gasteiger partial charge in [-0.25, -0.2) is 4.79 Å². The Labute approximate surface area is 83.3 Å². The molecule has 4 heteroatoms. The van der Waals surface area contributed by atoms with Crippen LogP contribution in [0.5, 0.6) is 0 Å². The number of rotatable bonds is 3. The summed E-state index contributed by atoms with van der Waals surface area (Å²) in [5.74, 6) is -0.964. The summed E-state index contributed by atoms with van der Waals surface area (Å²) < 4.78 is 10.5. The number of aliphatic carboxylic acids is 1. The van der Waals surface area contributed by atoms with Crippen molar-refractivity contribution in [1.82, 2.24) is 0 Å². The van der Waals surface area contributed by atoms with Crippen LogP contribution < -0.4 is 5.30 Å². The van der Waals surface area contributed by atoms with Crippen molar-refractivity contribution in [2.45, 2.75) is 6.92 Å². The fourth-order valence-electron chi connectivity index (χ4n) is 1.05. The third-order valence-electron chi connectivity index (χ3n) is 1.77. The smallest absolute Gasteiger partial charge is 0.328 e. The molecule has 0 heterocycles. The van der Waals surface area contributed by atoms with E-state index in [9.17, 15) is 9.36 Å². The van der Waals surface area contributed by atoms with Gasteiger partial charge in [-0.2, -0.15) is 0 Å². The summed E-state index contributed by atoms with van der Waals surface area (Å²) in [6.45, 7) is 1.72. The van der Waals surface area contributed by atoms with Crippen LogP contribution in [0.4, 0.5) is 0 Å². The lowest BCUT2D eigenvalue weighted by molar-refractivity contribution is -0.131. The third kappa shape index (κ3) is 2.79. The van der Waals surface area contributed by atoms with Crippen LogP contribution in [0.25, 0.3) is 5.57 Å². The Hall–Kier alpha value is -1.47.